The summed E-state index contributed by atoms with van der Waals surface area (Å²) in [5.74, 6) is 3.22. The molecule has 4 nitrogen and oxygen atoms in total. The Hall–Kier alpha value is -1.49. The standard InChI is InChI=1S/C25H36N2O2S/c1-2-10-27(18-23(28)30-11-6-9-19-7-4-3-5-8-19)24(29)26-25-15-20-12-21(16-25)14-22(13-20)17-25/h3-5,7-8,20-22H,2,6,9-18H2,1H3,(H,26,29). The van der Waals surface area contributed by atoms with Gasteiger partial charge in [0, 0.05) is 17.8 Å². The zero-order valence-electron chi connectivity index (χ0n) is 18.3. The molecule has 2 amide bonds. The molecule has 4 aliphatic rings. The monoisotopic (exact) mass is 428 g/mol. The van der Waals surface area contributed by atoms with Crippen LogP contribution in [0.15, 0.2) is 30.3 Å². The van der Waals surface area contributed by atoms with Crippen LogP contribution in [0.4, 0.5) is 4.79 Å². The molecular weight excluding hydrogens is 392 g/mol. The second-order valence-corrected chi connectivity index (χ2v) is 11.0. The number of carbonyl (C=O) groups is 2. The smallest absolute Gasteiger partial charge is 0.318 e. The molecule has 4 bridgehead atoms. The van der Waals surface area contributed by atoms with Gasteiger partial charge in [0.1, 0.15) is 0 Å². The highest BCUT2D eigenvalue weighted by Crippen LogP contribution is 2.55. The SMILES string of the molecule is CCCN(CC(=O)SCCCc1ccccc1)C(=O)NC12CC3CC(CC(C3)C1)C2. The molecule has 1 aromatic carbocycles. The van der Waals surface area contributed by atoms with Crippen LogP contribution in [0.3, 0.4) is 0 Å². The van der Waals surface area contributed by atoms with Crippen LogP contribution in [0.5, 0.6) is 0 Å². The second kappa shape index (κ2) is 9.76. The van der Waals surface area contributed by atoms with Gasteiger partial charge in [0.05, 0.1) is 6.54 Å². The molecule has 0 spiro atoms. The van der Waals surface area contributed by atoms with Crippen molar-refractivity contribution in [3.8, 4) is 0 Å². The zero-order chi connectivity index (χ0) is 21.0. The number of rotatable bonds is 9. The second-order valence-electron chi connectivity index (χ2n) is 9.86. The maximum Gasteiger partial charge on any atom is 0.318 e. The average Bonchev–Trinajstić information content (AvgIpc) is 2.70. The van der Waals surface area contributed by atoms with Crippen molar-refractivity contribution in [2.45, 2.75) is 70.3 Å². The first-order chi connectivity index (χ1) is 14.5. The van der Waals surface area contributed by atoms with E-state index in [1.165, 1.54) is 36.6 Å². The quantitative estimate of drug-likeness (QED) is 0.545. The first kappa shape index (κ1) is 21.7. The van der Waals surface area contributed by atoms with Crippen molar-refractivity contribution >= 4 is 22.9 Å². The molecule has 0 saturated heterocycles. The van der Waals surface area contributed by atoms with Crippen LogP contribution in [0.2, 0.25) is 0 Å². The fraction of sp³-hybridized carbons (Fsp3) is 0.680. The van der Waals surface area contributed by atoms with Crippen molar-refractivity contribution in [3.63, 3.8) is 0 Å². The Morgan fingerprint density at radius 3 is 2.30 bits per heavy atom. The number of nitrogens with zero attached hydrogens (tertiary/aromatic N) is 1. The molecule has 5 heteroatoms. The van der Waals surface area contributed by atoms with Gasteiger partial charge in [0.2, 0.25) is 5.12 Å². The minimum absolute atomic E-state index is 0.00367. The van der Waals surface area contributed by atoms with E-state index in [1.54, 1.807) is 4.90 Å². The Morgan fingerprint density at radius 2 is 1.70 bits per heavy atom. The molecule has 1 N–H and O–H groups in total. The lowest BCUT2D eigenvalue weighted by Gasteiger charge is -2.57. The largest absolute Gasteiger partial charge is 0.333 e. The van der Waals surface area contributed by atoms with Gasteiger partial charge in [-0.15, -0.1) is 0 Å². The molecule has 1 aromatic rings. The van der Waals surface area contributed by atoms with Gasteiger partial charge in [-0.25, -0.2) is 4.79 Å². The van der Waals surface area contributed by atoms with E-state index in [4.69, 9.17) is 0 Å². The van der Waals surface area contributed by atoms with Crippen LogP contribution in [-0.4, -0.2) is 40.4 Å². The van der Waals surface area contributed by atoms with Crippen LogP contribution >= 0.6 is 11.8 Å². The molecule has 30 heavy (non-hydrogen) atoms. The summed E-state index contributed by atoms with van der Waals surface area (Å²) < 4.78 is 0. The van der Waals surface area contributed by atoms with E-state index in [1.807, 2.05) is 6.07 Å². The predicted molar refractivity (Wildman–Crippen MR) is 124 cm³/mol. The van der Waals surface area contributed by atoms with E-state index in [0.717, 1.165) is 62.0 Å². The van der Waals surface area contributed by atoms with Crippen LogP contribution in [0, 0.1) is 17.8 Å². The average molecular weight is 429 g/mol. The maximum absolute atomic E-state index is 13.1. The Morgan fingerprint density at radius 1 is 1.07 bits per heavy atom. The van der Waals surface area contributed by atoms with E-state index in [-0.39, 0.29) is 23.2 Å². The van der Waals surface area contributed by atoms with Gasteiger partial charge in [-0.2, -0.15) is 0 Å². The topological polar surface area (TPSA) is 49.4 Å². The molecule has 0 aliphatic heterocycles. The number of benzene rings is 1. The number of hydrogen-bond donors (Lipinski definition) is 1. The van der Waals surface area contributed by atoms with Crippen molar-refractivity contribution in [1.82, 2.24) is 10.2 Å². The first-order valence-electron chi connectivity index (χ1n) is 11.8. The normalized spacial score (nSPS) is 29.0. The van der Waals surface area contributed by atoms with Gasteiger partial charge in [-0.1, -0.05) is 49.0 Å². The van der Waals surface area contributed by atoms with E-state index < -0.39 is 0 Å². The molecule has 4 aliphatic carbocycles. The molecule has 0 atom stereocenters. The van der Waals surface area contributed by atoms with Gasteiger partial charge >= 0.3 is 6.03 Å². The molecule has 5 rings (SSSR count). The summed E-state index contributed by atoms with van der Waals surface area (Å²) in [6, 6.07) is 10.4. The number of amides is 2. The highest BCUT2D eigenvalue weighted by molar-refractivity contribution is 8.13. The van der Waals surface area contributed by atoms with E-state index in [0.29, 0.717) is 6.54 Å². The Kier molecular flexibility index (Phi) is 7.07. The molecular formula is C25H36N2O2S. The van der Waals surface area contributed by atoms with Gasteiger partial charge in [0.25, 0.3) is 0 Å². The summed E-state index contributed by atoms with van der Waals surface area (Å²) in [5, 5.41) is 3.54. The summed E-state index contributed by atoms with van der Waals surface area (Å²) >= 11 is 1.38. The van der Waals surface area contributed by atoms with E-state index >= 15 is 0 Å². The Labute approximate surface area is 185 Å². The fourth-order valence-corrected chi connectivity index (χ4v) is 7.16. The van der Waals surface area contributed by atoms with Crippen molar-refractivity contribution in [2.24, 2.45) is 17.8 Å². The molecule has 0 heterocycles. The molecule has 164 valence electrons. The number of urea groups is 1. The molecule has 0 unspecified atom stereocenters. The van der Waals surface area contributed by atoms with Crippen molar-refractivity contribution in [3.05, 3.63) is 35.9 Å². The van der Waals surface area contributed by atoms with Crippen molar-refractivity contribution < 1.29 is 9.59 Å². The maximum atomic E-state index is 13.1. The van der Waals surface area contributed by atoms with Gasteiger partial charge in [0.15, 0.2) is 0 Å². The van der Waals surface area contributed by atoms with Gasteiger partial charge in [-0.3, -0.25) is 4.79 Å². The third-order valence-electron chi connectivity index (χ3n) is 7.23. The highest BCUT2D eigenvalue weighted by atomic mass is 32.2. The van der Waals surface area contributed by atoms with Gasteiger partial charge < -0.3 is 10.2 Å². The summed E-state index contributed by atoms with van der Waals surface area (Å²) in [5.41, 5.74) is 1.32. The van der Waals surface area contributed by atoms with E-state index in [2.05, 4.69) is 36.5 Å². The van der Waals surface area contributed by atoms with Crippen LogP contribution in [-0.2, 0) is 11.2 Å². The number of aryl methyl sites for hydroxylation is 1. The molecule has 4 saturated carbocycles. The number of carbonyl (C=O) groups excluding carboxylic acids is 2. The molecule has 0 radical (unpaired) electrons. The first-order valence-corrected chi connectivity index (χ1v) is 12.8. The summed E-state index contributed by atoms with van der Waals surface area (Å²) in [7, 11) is 0. The number of thioether (sulfide) groups is 1. The lowest BCUT2D eigenvalue weighted by molar-refractivity contribution is -0.111. The Bertz CT molecular complexity index is 701. The Balaban J connectivity index is 1.24. The molecule has 4 fully saturated rings. The van der Waals surface area contributed by atoms with Crippen LogP contribution in [0.1, 0.15) is 63.9 Å². The summed E-state index contributed by atoms with van der Waals surface area (Å²) in [4.78, 5) is 27.4. The lowest BCUT2D eigenvalue weighted by atomic mass is 9.53. The van der Waals surface area contributed by atoms with Gasteiger partial charge in [-0.05, 0) is 81.1 Å². The third kappa shape index (κ3) is 5.40. The highest BCUT2D eigenvalue weighted by Gasteiger charge is 2.51. The summed E-state index contributed by atoms with van der Waals surface area (Å²) in [6.45, 7) is 2.94. The predicted octanol–water partition coefficient (Wildman–Crippen LogP) is 5.27. The third-order valence-corrected chi connectivity index (χ3v) is 8.17. The minimum Gasteiger partial charge on any atom is -0.333 e. The van der Waals surface area contributed by atoms with Crippen LogP contribution < -0.4 is 5.32 Å². The van der Waals surface area contributed by atoms with Crippen LogP contribution in [0.25, 0.3) is 0 Å². The minimum atomic E-state index is -0.0166. The van der Waals surface area contributed by atoms with Crippen molar-refractivity contribution in [2.75, 3.05) is 18.8 Å². The number of nitrogens with one attached hydrogen (secondary N) is 1. The lowest BCUT2D eigenvalue weighted by Crippen LogP contribution is -2.62. The zero-order valence-corrected chi connectivity index (χ0v) is 19.1. The van der Waals surface area contributed by atoms with Crippen molar-refractivity contribution in [1.29, 1.82) is 0 Å². The summed E-state index contributed by atoms with van der Waals surface area (Å²) in [6.07, 6.45) is 10.4. The molecule has 0 aromatic heterocycles. The fourth-order valence-electron chi connectivity index (χ4n) is 6.40. The number of hydrogen-bond acceptors (Lipinski definition) is 3. The van der Waals surface area contributed by atoms with E-state index in [9.17, 15) is 9.59 Å².